The van der Waals surface area contributed by atoms with Gasteiger partial charge in [-0.2, -0.15) is 11.8 Å². The third-order valence-corrected chi connectivity index (χ3v) is 3.10. The van der Waals surface area contributed by atoms with Crippen molar-refractivity contribution in [2.75, 3.05) is 19.5 Å². The molecular weight excluding hydrogens is 176 g/mol. The highest BCUT2D eigenvalue weighted by molar-refractivity contribution is 7.99. The third kappa shape index (κ3) is 4.62. The molecule has 1 N–H and O–H groups in total. The molecule has 72 valence electrons. The number of aliphatic carboxylic acids is 1. The van der Waals surface area contributed by atoms with E-state index < -0.39 is 5.97 Å². The van der Waals surface area contributed by atoms with E-state index in [1.165, 1.54) is 0 Å². The molecule has 0 saturated heterocycles. The first-order valence-electron chi connectivity index (χ1n) is 3.93. The highest BCUT2D eigenvalue weighted by Crippen LogP contribution is 2.18. The van der Waals surface area contributed by atoms with Crippen molar-refractivity contribution in [2.45, 2.75) is 19.1 Å². The monoisotopic (exact) mass is 192 g/mol. The molecule has 12 heavy (non-hydrogen) atoms. The van der Waals surface area contributed by atoms with Crippen LogP contribution in [0.1, 0.15) is 13.8 Å². The molecule has 0 aliphatic carbocycles. The summed E-state index contributed by atoms with van der Waals surface area (Å²) in [7, 11) is 1.64. The van der Waals surface area contributed by atoms with Crippen LogP contribution < -0.4 is 0 Å². The average Bonchev–Trinajstić information content (AvgIpc) is 2.03. The number of carboxylic acid groups (broad SMARTS) is 1. The lowest BCUT2D eigenvalue weighted by atomic mass is 10.1. The molecule has 0 aromatic heterocycles. The lowest BCUT2D eigenvalue weighted by Crippen LogP contribution is -2.20. The van der Waals surface area contributed by atoms with Crippen molar-refractivity contribution in [3.63, 3.8) is 0 Å². The van der Waals surface area contributed by atoms with Gasteiger partial charge in [0.1, 0.15) is 0 Å². The second-order valence-corrected chi connectivity index (χ2v) is 4.18. The molecule has 0 heterocycles. The topological polar surface area (TPSA) is 46.5 Å². The van der Waals surface area contributed by atoms with Crippen LogP contribution in [-0.4, -0.2) is 35.8 Å². The first-order valence-corrected chi connectivity index (χ1v) is 4.97. The van der Waals surface area contributed by atoms with E-state index in [1.54, 1.807) is 25.8 Å². The van der Waals surface area contributed by atoms with Crippen molar-refractivity contribution in [3.05, 3.63) is 0 Å². The zero-order chi connectivity index (χ0) is 9.56. The molecule has 0 aliphatic heterocycles. The molecule has 0 fully saturated rings. The first-order chi connectivity index (χ1) is 5.59. The van der Waals surface area contributed by atoms with Crippen LogP contribution in [0.15, 0.2) is 0 Å². The zero-order valence-electron chi connectivity index (χ0n) is 7.74. The van der Waals surface area contributed by atoms with Crippen LogP contribution in [0.5, 0.6) is 0 Å². The minimum atomic E-state index is -0.729. The van der Waals surface area contributed by atoms with Crippen molar-refractivity contribution < 1.29 is 14.6 Å². The summed E-state index contributed by atoms with van der Waals surface area (Å²) in [4.78, 5) is 10.5. The second kappa shape index (κ2) is 6.31. The molecule has 0 radical (unpaired) electrons. The predicted molar refractivity (Wildman–Crippen MR) is 50.6 cm³/mol. The number of methoxy groups -OCH3 is 1. The molecule has 0 saturated carbocycles. The van der Waals surface area contributed by atoms with Crippen molar-refractivity contribution in [1.82, 2.24) is 0 Å². The lowest BCUT2D eigenvalue weighted by Gasteiger charge is -2.14. The predicted octanol–water partition coefficient (Wildman–Crippen LogP) is 1.48. The summed E-state index contributed by atoms with van der Waals surface area (Å²) in [6, 6.07) is 0. The van der Waals surface area contributed by atoms with Gasteiger partial charge in [0.05, 0.1) is 12.5 Å². The molecular formula is C8H16O3S. The van der Waals surface area contributed by atoms with Crippen molar-refractivity contribution in [1.29, 1.82) is 0 Å². The molecule has 0 aromatic carbocycles. The molecule has 0 aliphatic rings. The molecule has 2 atom stereocenters. The van der Waals surface area contributed by atoms with Gasteiger partial charge >= 0.3 is 5.97 Å². The Bertz CT molecular complexity index is 138. The quantitative estimate of drug-likeness (QED) is 0.647. The van der Waals surface area contributed by atoms with Crippen LogP contribution >= 0.6 is 11.8 Å². The van der Waals surface area contributed by atoms with Crippen molar-refractivity contribution in [2.24, 2.45) is 5.92 Å². The van der Waals surface area contributed by atoms with E-state index in [4.69, 9.17) is 9.84 Å². The maximum absolute atomic E-state index is 10.5. The highest BCUT2D eigenvalue weighted by atomic mass is 32.2. The molecule has 3 nitrogen and oxygen atoms in total. The molecule has 4 heteroatoms. The standard InChI is InChI=1S/C8H16O3S/c1-6(8(9)10)7(2)12-5-4-11-3/h6-7H,4-5H2,1-3H3,(H,9,10). The van der Waals surface area contributed by atoms with Gasteiger partial charge in [0, 0.05) is 18.1 Å². The lowest BCUT2D eigenvalue weighted by molar-refractivity contribution is -0.140. The summed E-state index contributed by atoms with van der Waals surface area (Å²) in [5, 5.41) is 8.81. The van der Waals surface area contributed by atoms with Gasteiger partial charge in [-0.1, -0.05) is 13.8 Å². The Morgan fingerprint density at radius 1 is 1.58 bits per heavy atom. The van der Waals surface area contributed by atoms with Crippen LogP contribution in [0.4, 0.5) is 0 Å². The third-order valence-electron chi connectivity index (χ3n) is 1.76. The van der Waals surface area contributed by atoms with Crippen LogP contribution in [0, 0.1) is 5.92 Å². The smallest absolute Gasteiger partial charge is 0.307 e. The number of ether oxygens (including phenoxy) is 1. The Labute approximate surface area is 77.5 Å². The SMILES string of the molecule is COCCSC(C)C(C)C(=O)O. The van der Waals surface area contributed by atoms with E-state index >= 15 is 0 Å². The van der Waals surface area contributed by atoms with Gasteiger partial charge in [-0.05, 0) is 0 Å². The van der Waals surface area contributed by atoms with Crippen molar-refractivity contribution >= 4 is 17.7 Å². The zero-order valence-corrected chi connectivity index (χ0v) is 8.56. The fraction of sp³-hybridized carbons (Fsp3) is 0.875. The fourth-order valence-corrected chi connectivity index (χ4v) is 1.70. The fourth-order valence-electron chi connectivity index (χ4n) is 0.662. The van der Waals surface area contributed by atoms with Gasteiger partial charge in [-0.25, -0.2) is 0 Å². The number of carbonyl (C=O) groups is 1. The summed E-state index contributed by atoms with van der Waals surface area (Å²) in [6.45, 7) is 4.34. The van der Waals surface area contributed by atoms with Gasteiger partial charge in [0.2, 0.25) is 0 Å². The summed E-state index contributed by atoms with van der Waals surface area (Å²) in [5.74, 6) is -0.158. The highest BCUT2D eigenvalue weighted by Gasteiger charge is 2.18. The van der Waals surface area contributed by atoms with Crippen LogP contribution in [0.3, 0.4) is 0 Å². The Kier molecular flexibility index (Phi) is 6.20. The Hall–Kier alpha value is -0.220. The first kappa shape index (κ1) is 11.8. The maximum atomic E-state index is 10.5. The number of rotatable bonds is 6. The Morgan fingerprint density at radius 3 is 2.58 bits per heavy atom. The summed E-state index contributed by atoms with van der Waals surface area (Å²) < 4.78 is 4.86. The van der Waals surface area contributed by atoms with E-state index in [-0.39, 0.29) is 11.2 Å². The van der Waals surface area contributed by atoms with Gasteiger partial charge in [-0.3, -0.25) is 4.79 Å². The molecule has 0 bridgehead atoms. The maximum Gasteiger partial charge on any atom is 0.307 e. The van der Waals surface area contributed by atoms with Crippen LogP contribution in [0.25, 0.3) is 0 Å². The van der Waals surface area contributed by atoms with Gasteiger partial charge in [0.15, 0.2) is 0 Å². The van der Waals surface area contributed by atoms with Gasteiger partial charge < -0.3 is 9.84 Å². The van der Waals surface area contributed by atoms with Crippen LogP contribution in [0.2, 0.25) is 0 Å². The summed E-state index contributed by atoms with van der Waals surface area (Å²) >= 11 is 1.63. The van der Waals surface area contributed by atoms with Crippen LogP contribution in [-0.2, 0) is 9.53 Å². The van der Waals surface area contributed by atoms with Gasteiger partial charge in [0.25, 0.3) is 0 Å². The Morgan fingerprint density at radius 2 is 2.17 bits per heavy atom. The number of carboxylic acids is 1. The molecule has 0 rings (SSSR count). The minimum absolute atomic E-state index is 0.151. The normalized spacial score (nSPS) is 15.6. The number of hydrogen-bond donors (Lipinski definition) is 1. The van der Waals surface area contributed by atoms with E-state index in [1.807, 2.05) is 6.92 Å². The average molecular weight is 192 g/mol. The summed E-state index contributed by atoms with van der Waals surface area (Å²) in [5.41, 5.74) is 0. The van der Waals surface area contributed by atoms with E-state index in [0.29, 0.717) is 6.61 Å². The van der Waals surface area contributed by atoms with Gasteiger partial charge in [-0.15, -0.1) is 0 Å². The summed E-state index contributed by atoms with van der Waals surface area (Å²) in [6.07, 6.45) is 0. The van der Waals surface area contributed by atoms with E-state index in [2.05, 4.69) is 0 Å². The molecule has 2 unspecified atom stereocenters. The molecule has 0 spiro atoms. The van der Waals surface area contributed by atoms with Crippen molar-refractivity contribution in [3.8, 4) is 0 Å². The minimum Gasteiger partial charge on any atom is -0.481 e. The largest absolute Gasteiger partial charge is 0.481 e. The number of thioether (sulfide) groups is 1. The van der Waals surface area contributed by atoms with E-state index in [0.717, 1.165) is 5.75 Å². The molecule has 0 amide bonds. The Balaban J connectivity index is 3.56. The van der Waals surface area contributed by atoms with E-state index in [9.17, 15) is 4.79 Å². The second-order valence-electron chi connectivity index (χ2n) is 2.70. The molecule has 0 aromatic rings. The number of hydrogen-bond acceptors (Lipinski definition) is 3.